The van der Waals surface area contributed by atoms with E-state index < -0.39 is 17.9 Å². The summed E-state index contributed by atoms with van der Waals surface area (Å²) in [5, 5.41) is 19.3. The van der Waals surface area contributed by atoms with Crippen LogP contribution in [0.25, 0.3) is 0 Å². The molecule has 0 saturated heterocycles. The maximum Gasteiger partial charge on any atom is 0.289 e. The second kappa shape index (κ2) is 9.61. The zero-order valence-electron chi connectivity index (χ0n) is 16.0. The van der Waals surface area contributed by atoms with Gasteiger partial charge in [0.2, 0.25) is 0 Å². The van der Waals surface area contributed by atoms with E-state index in [9.17, 15) is 14.7 Å². The highest BCUT2D eigenvalue weighted by atomic mass is 16.5. The van der Waals surface area contributed by atoms with Crippen LogP contribution in [0.3, 0.4) is 0 Å². The number of hydroxylamine groups is 1. The highest BCUT2D eigenvalue weighted by Gasteiger charge is 2.45. The molecule has 142 valence electrons. The molecule has 1 aliphatic heterocycles. The van der Waals surface area contributed by atoms with Gasteiger partial charge in [-0.2, -0.15) is 0 Å². The molecule has 0 radical (unpaired) electrons. The second-order valence-electron chi connectivity index (χ2n) is 7.16. The third-order valence-electron chi connectivity index (χ3n) is 4.85. The van der Waals surface area contributed by atoms with Crippen LogP contribution in [0.5, 0.6) is 0 Å². The number of aliphatic hydroxyl groups is 1. The van der Waals surface area contributed by atoms with Crippen molar-refractivity contribution in [2.75, 3.05) is 0 Å². The van der Waals surface area contributed by atoms with E-state index in [0.29, 0.717) is 12.0 Å². The lowest BCUT2D eigenvalue weighted by Crippen LogP contribution is -2.53. The van der Waals surface area contributed by atoms with Crippen LogP contribution in [0.15, 0.2) is 23.0 Å². The lowest BCUT2D eigenvalue weighted by molar-refractivity contribution is -0.145. The Morgan fingerprint density at radius 1 is 1.36 bits per heavy atom. The van der Waals surface area contributed by atoms with Crippen molar-refractivity contribution in [1.82, 2.24) is 10.4 Å². The van der Waals surface area contributed by atoms with Gasteiger partial charge in [-0.15, -0.1) is 0 Å². The standard InChI is InChI=1S/C19H32N2O4/c1-6-7-11-15(18(23)20-25)21-16(14(5)17(22)19(21)24)13(4)10-8-9-12(2)3/h9,13,15-16,22,25H,6-8,10-11H2,1-5H3,(H,20,23). The number of hydrogen-bond acceptors (Lipinski definition) is 4. The highest BCUT2D eigenvalue weighted by Crippen LogP contribution is 2.34. The first-order valence-corrected chi connectivity index (χ1v) is 9.05. The van der Waals surface area contributed by atoms with Crippen LogP contribution in [0.4, 0.5) is 0 Å². The zero-order valence-corrected chi connectivity index (χ0v) is 16.0. The van der Waals surface area contributed by atoms with Gasteiger partial charge in [-0.25, -0.2) is 5.48 Å². The number of rotatable bonds is 9. The number of unbranched alkanes of at least 4 members (excludes halogenated alkanes) is 1. The molecule has 3 atom stereocenters. The summed E-state index contributed by atoms with van der Waals surface area (Å²) >= 11 is 0. The topological polar surface area (TPSA) is 89.9 Å². The third-order valence-corrected chi connectivity index (χ3v) is 4.85. The van der Waals surface area contributed by atoms with Crippen molar-refractivity contribution in [3.8, 4) is 0 Å². The summed E-state index contributed by atoms with van der Waals surface area (Å²) in [5.41, 5.74) is 3.51. The van der Waals surface area contributed by atoms with E-state index in [4.69, 9.17) is 5.21 Å². The third kappa shape index (κ3) is 5.08. The number of allylic oxidation sites excluding steroid dienone is 2. The molecule has 25 heavy (non-hydrogen) atoms. The predicted molar refractivity (Wildman–Crippen MR) is 97.0 cm³/mol. The molecule has 2 amide bonds. The van der Waals surface area contributed by atoms with Gasteiger partial charge in [0.25, 0.3) is 11.8 Å². The van der Waals surface area contributed by atoms with Crippen LogP contribution in [0.2, 0.25) is 0 Å². The van der Waals surface area contributed by atoms with E-state index in [-0.39, 0.29) is 17.7 Å². The van der Waals surface area contributed by atoms with E-state index in [1.165, 1.54) is 10.5 Å². The van der Waals surface area contributed by atoms with Gasteiger partial charge >= 0.3 is 0 Å². The predicted octanol–water partition coefficient (Wildman–Crippen LogP) is 3.48. The first kappa shape index (κ1) is 21.2. The zero-order chi connectivity index (χ0) is 19.1. The van der Waals surface area contributed by atoms with E-state index >= 15 is 0 Å². The fraction of sp³-hybridized carbons (Fsp3) is 0.684. The molecule has 0 aliphatic carbocycles. The van der Waals surface area contributed by atoms with Crippen LogP contribution >= 0.6 is 0 Å². The molecule has 0 fully saturated rings. The summed E-state index contributed by atoms with van der Waals surface area (Å²) in [7, 11) is 0. The van der Waals surface area contributed by atoms with E-state index in [0.717, 1.165) is 25.7 Å². The van der Waals surface area contributed by atoms with Crippen molar-refractivity contribution in [1.29, 1.82) is 0 Å². The molecule has 3 unspecified atom stereocenters. The number of hydrogen-bond donors (Lipinski definition) is 3. The SMILES string of the molecule is CCCCC(C(=O)NO)N1C(=O)C(O)=C(C)C1C(C)CCC=C(C)C. The molecule has 0 saturated carbocycles. The van der Waals surface area contributed by atoms with Crippen LogP contribution in [-0.2, 0) is 9.59 Å². The maximum absolute atomic E-state index is 12.6. The Morgan fingerprint density at radius 2 is 2.00 bits per heavy atom. The van der Waals surface area contributed by atoms with Crippen molar-refractivity contribution in [3.05, 3.63) is 23.0 Å². The molecule has 0 bridgehead atoms. The van der Waals surface area contributed by atoms with Crippen molar-refractivity contribution < 1.29 is 19.9 Å². The first-order chi connectivity index (χ1) is 11.8. The molecular formula is C19H32N2O4. The molecule has 0 spiro atoms. The van der Waals surface area contributed by atoms with Crippen molar-refractivity contribution in [2.24, 2.45) is 5.92 Å². The summed E-state index contributed by atoms with van der Waals surface area (Å²) < 4.78 is 0. The van der Waals surface area contributed by atoms with E-state index in [1.807, 2.05) is 27.7 Å². The Morgan fingerprint density at radius 3 is 2.52 bits per heavy atom. The minimum atomic E-state index is -0.784. The number of nitrogens with one attached hydrogen (secondary N) is 1. The normalized spacial score (nSPS) is 19.8. The largest absolute Gasteiger partial charge is 0.503 e. The molecule has 0 aromatic rings. The fourth-order valence-corrected chi connectivity index (χ4v) is 3.46. The highest BCUT2D eigenvalue weighted by molar-refractivity contribution is 5.98. The van der Waals surface area contributed by atoms with Crippen LogP contribution in [0.1, 0.15) is 66.7 Å². The second-order valence-corrected chi connectivity index (χ2v) is 7.16. The van der Waals surface area contributed by atoms with Gasteiger partial charge in [0.1, 0.15) is 6.04 Å². The van der Waals surface area contributed by atoms with Gasteiger partial charge < -0.3 is 10.0 Å². The Labute approximate surface area is 150 Å². The molecule has 1 rings (SSSR count). The van der Waals surface area contributed by atoms with Crippen molar-refractivity contribution in [2.45, 2.75) is 78.8 Å². The molecule has 0 aromatic carbocycles. The fourth-order valence-electron chi connectivity index (χ4n) is 3.46. The van der Waals surface area contributed by atoms with Crippen LogP contribution in [0, 0.1) is 5.92 Å². The monoisotopic (exact) mass is 352 g/mol. The maximum atomic E-state index is 12.6. The number of nitrogens with zero attached hydrogens (tertiary/aromatic N) is 1. The molecular weight excluding hydrogens is 320 g/mol. The average molecular weight is 352 g/mol. The van der Waals surface area contributed by atoms with Gasteiger partial charge in [0.15, 0.2) is 5.76 Å². The molecule has 6 heteroatoms. The summed E-state index contributed by atoms with van der Waals surface area (Å²) in [6.07, 6.45) is 5.93. The van der Waals surface area contributed by atoms with Crippen molar-refractivity contribution in [3.63, 3.8) is 0 Å². The minimum Gasteiger partial charge on any atom is -0.503 e. The molecule has 1 aliphatic rings. The van der Waals surface area contributed by atoms with Gasteiger partial charge in [-0.1, -0.05) is 38.3 Å². The summed E-state index contributed by atoms with van der Waals surface area (Å²) in [6, 6.07) is -1.12. The minimum absolute atomic E-state index is 0.0832. The van der Waals surface area contributed by atoms with E-state index in [2.05, 4.69) is 6.08 Å². The average Bonchev–Trinajstić information content (AvgIpc) is 2.79. The Bertz CT molecular complexity index is 550. The number of aliphatic hydroxyl groups excluding tert-OH is 1. The van der Waals surface area contributed by atoms with Gasteiger partial charge in [0, 0.05) is 0 Å². The van der Waals surface area contributed by atoms with Crippen LogP contribution in [-0.4, -0.2) is 39.1 Å². The Balaban J connectivity index is 3.09. The molecule has 1 heterocycles. The number of carbonyl (C=O) groups is 2. The van der Waals surface area contributed by atoms with Crippen molar-refractivity contribution >= 4 is 11.8 Å². The van der Waals surface area contributed by atoms with Crippen LogP contribution < -0.4 is 5.48 Å². The lowest BCUT2D eigenvalue weighted by atomic mass is 9.90. The smallest absolute Gasteiger partial charge is 0.289 e. The lowest BCUT2D eigenvalue weighted by Gasteiger charge is -2.36. The van der Waals surface area contributed by atoms with Gasteiger partial charge in [-0.05, 0) is 51.5 Å². The van der Waals surface area contributed by atoms with Gasteiger partial charge in [0.05, 0.1) is 6.04 Å². The summed E-state index contributed by atoms with van der Waals surface area (Å²) in [4.78, 5) is 26.2. The summed E-state index contributed by atoms with van der Waals surface area (Å²) in [6.45, 7) is 9.85. The number of amides is 2. The van der Waals surface area contributed by atoms with Gasteiger partial charge in [-0.3, -0.25) is 14.8 Å². The Kier molecular flexibility index (Phi) is 8.16. The number of carbonyl (C=O) groups excluding carboxylic acids is 2. The first-order valence-electron chi connectivity index (χ1n) is 9.05. The summed E-state index contributed by atoms with van der Waals surface area (Å²) in [5.74, 6) is -1.32. The quantitative estimate of drug-likeness (QED) is 0.337. The molecule has 0 aromatic heterocycles. The van der Waals surface area contributed by atoms with E-state index in [1.54, 1.807) is 12.4 Å². The molecule has 6 nitrogen and oxygen atoms in total. The molecule has 3 N–H and O–H groups in total. The Hall–Kier alpha value is -1.82.